The number of ketones is 1. The lowest BCUT2D eigenvalue weighted by molar-refractivity contribution is -0.123. The summed E-state index contributed by atoms with van der Waals surface area (Å²) in [5.41, 5.74) is 2.93. The zero-order valence-electron chi connectivity index (χ0n) is 16.8. The Morgan fingerprint density at radius 1 is 1.03 bits per heavy atom. The standard InChI is InChI=1S/C23H22N4O3/c1-29-19-9-8-15(12-20(19)30-2)22-21-17(26-23-24-13-25-27(22)23)10-16(11-18(21)28)14-6-4-3-5-7-14/h3-10,12-13,16,21-22H,11H2,1-2H3,(H,24,25,26)/t16-,21-,22-/m0/s1. The van der Waals surface area contributed by atoms with E-state index in [2.05, 4.69) is 33.6 Å². The number of Topliss-reactive ketones (excluding diaryl/α,β-unsaturated/α-hetero) is 1. The third kappa shape index (κ3) is 2.94. The number of hydrogen-bond acceptors (Lipinski definition) is 6. The summed E-state index contributed by atoms with van der Waals surface area (Å²) in [5, 5.41) is 7.74. The van der Waals surface area contributed by atoms with Gasteiger partial charge in [-0.1, -0.05) is 42.5 Å². The first-order valence-corrected chi connectivity index (χ1v) is 9.87. The number of hydrogen-bond donors (Lipinski definition) is 1. The minimum absolute atomic E-state index is 0.0398. The van der Waals surface area contributed by atoms with Gasteiger partial charge in [-0.15, -0.1) is 0 Å². The molecule has 1 aliphatic heterocycles. The van der Waals surface area contributed by atoms with Crippen molar-refractivity contribution in [3.05, 3.63) is 77.8 Å². The molecule has 3 aromatic rings. The van der Waals surface area contributed by atoms with Crippen molar-refractivity contribution in [3.8, 4) is 11.5 Å². The summed E-state index contributed by atoms with van der Waals surface area (Å²) in [6.45, 7) is 0. The largest absolute Gasteiger partial charge is 0.493 e. The van der Waals surface area contributed by atoms with Gasteiger partial charge in [0.2, 0.25) is 5.95 Å². The number of carbonyl (C=O) groups is 1. The first-order valence-electron chi connectivity index (χ1n) is 9.87. The van der Waals surface area contributed by atoms with Crippen LogP contribution in [0.4, 0.5) is 5.95 Å². The Balaban J connectivity index is 1.61. The SMILES string of the molecule is COc1ccc([C@H]2[C@@H]3C(=O)C[C@@H](c4ccccc4)C=C3Nc3ncnn32)cc1OC. The van der Waals surface area contributed by atoms with E-state index < -0.39 is 0 Å². The molecule has 5 rings (SSSR count). The molecule has 1 aromatic heterocycles. The summed E-state index contributed by atoms with van der Waals surface area (Å²) >= 11 is 0. The molecule has 2 heterocycles. The Morgan fingerprint density at radius 3 is 2.60 bits per heavy atom. The molecule has 7 heteroatoms. The fourth-order valence-electron chi connectivity index (χ4n) is 4.46. The highest BCUT2D eigenvalue weighted by Crippen LogP contribution is 2.45. The average Bonchev–Trinajstić information content (AvgIpc) is 3.25. The fraction of sp³-hybridized carbons (Fsp3) is 0.261. The first kappa shape index (κ1) is 18.4. The minimum atomic E-state index is -0.364. The monoisotopic (exact) mass is 402 g/mol. The van der Waals surface area contributed by atoms with Gasteiger partial charge in [-0.25, -0.2) is 4.68 Å². The van der Waals surface area contributed by atoms with Crippen LogP contribution in [-0.2, 0) is 4.79 Å². The fourth-order valence-corrected chi connectivity index (χ4v) is 4.46. The highest BCUT2D eigenvalue weighted by Gasteiger charge is 2.43. The zero-order valence-corrected chi connectivity index (χ0v) is 16.8. The van der Waals surface area contributed by atoms with E-state index in [0.29, 0.717) is 23.9 Å². The number of ether oxygens (including phenoxy) is 2. The van der Waals surface area contributed by atoms with Crippen molar-refractivity contribution in [1.29, 1.82) is 0 Å². The van der Waals surface area contributed by atoms with Crippen LogP contribution in [0.5, 0.6) is 11.5 Å². The molecule has 3 atom stereocenters. The van der Waals surface area contributed by atoms with E-state index in [9.17, 15) is 4.79 Å². The molecule has 0 saturated carbocycles. The Hall–Kier alpha value is -3.61. The number of fused-ring (bicyclic) bond motifs is 2. The van der Waals surface area contributed by atoms with Gasteiger partial charge in [0.1, 0.15) is 12.1 Å². The van der Waals surface area contributed by atoms with E-state index in [1.807, 2.05) is 36.4 Å². The maximum absolute atomic E-state index is 13.4. The summed E-state index contributed by atoms with van der Waals surface area (Å²) < 4.78 is 12.6. The number of nitrogens with zero attached hydrogens (tertiary/aromatic N) is 3. The summed E-state index contributed by atoms with van der Waals surface area (Å²) in [5.74, 6) is 1.74. The van der Waals surface area contributed by atoms with Crippen LogP contribution in [-0.4, -0.2) is 34.8 Å². The number of methoxy groups -OCH3 is 2. The van der Waals surface area contributed by atoms with Crippen molar-refractivity contribution in [1.82, 2.24) is 14.8 Å². The average molecular weight is 402 g/mol. The van der Waals surface area contributed by atoms with Crippen molar-refractivity contribution in [2.45, 2.75) is 18.4 Å². The summed E-state index contributed by atoms with van der Waals surface area (Å²) in [6, 6.07) is 15.5. The van der Waals surface area contributed by atoms with Gasteiger partial charge in [0.25, 0.3) is 0 Å². The molecular weight excluding hydrogens is 380 g/mol. The van der Waals surface area contributed by atoms with Crippen LogP contribution in [0.25, 0.3) is 0 Å². The lowest BCUT2D eigenvalue weighted by atomic mass is 9.75. The van der Waals surface area contributed by atoms with Crippen molar-refractivity contribution < 1.29 is 14.3 Å². The Kier molecular flexibility index (Phi) is 4.50. The van der Waals surface area contributed by atoms with Crippen molar-refractivity contribution >= 4 is 11.7 Å². The molecule has 2 aromatic carbocycles. The number of nitrogens with one attached hydrogen (secondary N) is 1. The second kappa shape index (κ2) is 7.33. The van der Waals surface area contributed by atoms with Gasteiger partial charge < -0.3 is 14.8 Å². The smallest absolute Gasteiger partial charge is 0.226 e. The third-order valence-electron chi connectivity index (χ3n) is 5.87. The molecule has 0 saturated heterocycles. The van der Waals surface area contributed by atoms with Gasteiger partial charge in [-0.2, -0.15) is 10.1 Å². The molecule has 152 valence electrons. The molecule has 1 N–H and O–H groups in total. The molecule has 0 amide bonds. The molecule has 0 bridgehead atoms. The number of aromatic nitrogens is 3. The van der Waals surface area contributed by atoms with Gasteiger partial charge in [0, 0.05) is 18.0 Å². The minimum Gasteiger partial charge on any atom is -0.493 e. The van der Waals surface area contributed by atoms with Crippen LogP contribution >= 0.6 is 0 Å². The molecule has 0 spiro atoms. The summed E-state index contributed by atoms with van der Waals surface area (Å²) in [4.78, 5) is 17.8. The van der Waals surface area contributed by atoms with Crippen LogP contribution < -0.4 is 14.8 Å². The van der Waals surface area contributed by atoms with Crippen molar-refractivity contribution in [2.75, 3.05) is 19.5 Å². The van der Waals surface area contributed by atoms with E-state index >= 15 is 0 Å². The second-order valence-corrected chi connectivity index (χ2v) is 7.50. The topological polar surface area (TPSA) is 78.3 Å². The molecule has 30 heavy (non-hydrogen) atoms. The van der Waals surface area contributed by atoms with E-state index in [-0.39, 0.29) is 23.7 Å². The van der Waals surface area contributed by atoms with Crippen molar-refractivity contribution in [3.63, 3.8) is 0 Å². The second-order valence-electron chi connectivity index (χ2n) is 7.50. The maximum atomic E-state index is 13.4. The van der Waals surface area contributed by atoms with Crippen LogP contribution in [0.3, 0.4) is 0 Å². The van der Waals surface area contributed by atoms with Crippen LogP contribution in [0.1, 0.15) is 29.5 Å². The number of anilines is 1. The molecule has 0 fully saturated rings. The molecule has 2 aliphatic rings. The Labute approximate surface area is 174 Å². The van der Waals surface area contributed by atoms with E-state index in [1.54, 1.807) is 18.9 Å². The molecule has 1 aliphatic carbocycles. The van der Waals surface area contributed by atoms with Crippen LogP contribution in [0, 0.1) is 5.92 Å². The lowest BCUT2D eigenvalue weighted by Crippen LogP contribution is -2.40. The molecule has 0 unspecified atom stereocenters. The van der Waals surface area contributed by atoms with Gasteiger partial charge >= 0.3 is 0 Å². The van der Waals surface area contributed by atoms with Gasteiger partial charge in [0.05, 0.1) is 26.2 Å². The van der Waals surface area contributed by atoms with Crippen molar-refractivity contribution in [2.24, 2.45) is 5.92 Å². The van der Waals surface area contributed by atoms with Gasteiger partial charge in [0.15, 0.2) is 11.5 Å². The summed E-state index contributed by atoms with van der Waals surface area (Å²) in [7, 11) is 3.21. The Morgan fingerprint density at radius 2 is 1.83 bits per heavy atom. The summed E-state index contributed by atoms with van der Waals surface area (Å²) in [6.07, 6.45) is 4.12. The Bertz CT molecular complexity index is 1120. The van der Waals surface area contributed by atoms with E-state index in [0.717, 1.165) is 16.8 Å². The predicted octanol–water partition coefficient (Wildman–Crippen LogP) is 3.57. The normalized spacial score (nSPS) is 22.4. The highest BCUT2D eigenvalue weighted by atomic mass is 16.5. The van der Waals surface area contributed by atoms with E-state index in [1.165, 1.54) is 6.33 Å². The number of allylic oxidation sites excluding steroid dienone is 2. The third-order valence-corrected chi connectivity index (χ3v) is 5.87. The van der Waals surface area contributed by atoms with Gasteiger partial charge in [-0.05, 0) is 23.3 Å². The number of carbonyl (C=O) groups excluding carboxylic acids is 1. The highest BCUT2D eigenvalue weighted by molar-refractivity contribution is 5.88. The first-order chi connectivity index (χ1) is 14.7. The number of benzene rings is 2. The zero-order chi connectivity index (χ0) is 20.7. The maximum Gasteiger partial charge on any atom is 0.226 e. The predicted molar refractivity (Wildman–Crippen MR) is 112 cm³/mol. The van der Waals surface area contributed by atoms with Gasteiger partial charge in [-0.3, -0.25) is 4.79 Å². The van der Waals surface area contributed by atoms with Crippen LogP contribution in [0.15, 0.2) is 66.6 Å². The lowest BCUT2D eigenvalue weighted by Gasteiger charge is -2.38. The quantitative estimate of drug-likeness (QED) is 0.719. The van der Waals surface area contributed by atoms with Crippen LogP contribution in [0.2, 0.25) is 0 Å². The molecule has 7 nitrogen and oxygen atoms in total. The number of rotatable bonds is 4. The van der Waals surface area contributed by atoms with E-state index in [4.69, 9.17) is 9.47 Å². The molecular formula is C23H22N4O3. The molecule has 0 radical (unpaired) electrons.